The number of piperazine rings is 1. The number of hydrogen-bond acceptors (Lipinski definition) is 2. The van der Waals surface area contributed by atoms with Crippen LogP contribution in [0.3, 0.4) is 0 Å². The molecule has 0 radical (unpaired) electrons. The summed E-state index contributed by atoms with van der Waals surface area (Å²) in [5, 5.41) is 2.77. The summed E-state index contributed by atoms with van der Waals surface area (Å²) >= 11 is 5.53. The molecule has 1 fully saturated rings. The number of carbonyl (C=O) groups excluding carboxylic acids is 2. The van der Waals surface area contributed by atoms with Gasteiger partial charge in [0.1, 0.15) is 5.88 Å². The van der Waals surface area contributed by atoms with Crippen molar-refractivity contribution in [1.29, 1.82) is 0 Å². The van der Waals surface area contributed by atoms with Crippen LogP contribution in [0.25, 0.3) is 0 Å². The normalized spacial score (nSPS) is 22.5. The van der Waals surface area contributed by atoms with Gasteiger partial charge < -0.3 is 10.2 Å². The second-order valence-electron chi connectivity index (χ2n) is 4.84. The van der Waals surface area contributed by atoms with Gasteiger partial charge in [-0.3, -0.25) is 9.59 Å². The molecule has 1 N–H and O–H groups in total. The smallest absolute Gasteiger partial charge is 0.239 e. The minimum absolute atomic E-state index is 0.0152. The van der Waals surface area contributed by atoms with Crippen LogP contribution in [0.15, 0.2) is 0 Å². The van der Waals surface area contributed by atoms with Crippen molar-refractivity contribution in [3.8, 4) is 0 Å². The summed E-state index contributed by atoms with van der Waals surface area (Å²) < 4.78 is 0. The van der Waals surface area contributed by atoms with E-state index in [4.69, 9.17) is 11.6 Å². The molecule has 0 aromatic carbocycles. The average molecular weight is 233 g/mol. The van der Waals surface area contributed by atoms with Gasteiger partial charge >= 0.3 is 0 Å². The molecule has 5 heteroatoms. The Bertz CT molecular complexity index is 273. The number of rotatable bonds is 1. The van der Waals surface area contributed by atoms with E-state index in [-0.39, 0.29) is 35.7 Å². The first-order valence-electron chi connectivity index (χ1n) is 4.98. The highest BCUT2D eigenvalue weighted by Crippen LogP contribution is 2.25. The Hall–Kier alpha value is -0.770. The third kappa shape index (κ3) is 2.84. The molecule has 0 bridgehead atoms. The number of nitrogens with zero attached hydrogens (tertiary/aromatic N) is 1. The van der Waals surface area contributed by atoms with Gasteiger partial charge in [-0.1, -0.05) is 20.8 Å². The first kappa shape index (κ1) is 12.3. The van der Waals surface area contributed by atoms with E-state index in [9.17, 15) is 9.59 Å². The molecule has 1 unspecified atom stereocenters. The van der Waals surface area contributed by atoms with Crippen molar-refractivity contribution >= 4 is 23.4 Å². The summed E-state index contributed by atoms with van der Waals surface area (Å²) in [5.41, 5.74) is -0.0601. The third-order valence-electron chi connectivity index (χ3n) is 2.62. The number of alkyl halides is 1. The SMILES string of the molecule is CC(C)(C)C1CNC(=O)CN1C(=O)CCl. The molecule has 1 atom stereocenters. The van der Waals surface area contributed by atoms with Crippen LogP contribution in [-0.2, 0) is 9.59 Å². The fraction of sp³-hybridized carbons (Fsp3) is 0.800. The molecule has 2 amide bonds. The van der Waals surface area contributed by atoms with E-state index < -0.39 is 0 Å². The van der Waals surface area contributed by atoms with Crippen LogP contribution in [0.5, 0.6) is 0 Å². The molecule has 1 aliphatic rings. The van der Waals surface area contributed by atoms with Gasteiger partial charge in [-0.05, 0) is 5.41 Å². The first-order chi connectivity index (χ1) is 6.86. The van der Waals surface area contributed by atoms with Crippen LogP contribution in [-0.4, -0.2) is 41.7 Å². The van der Waals surface area contributed by atoms with E-state index in [0.29, 0.717) is 6.54 Å². The zero-order valence-corrected chi connectivity index (χ0v) is 10.1. The quantitative estimate of drug-likeness (QED) is 0.673. The highest BCUT2D eigenvalue weighted by atomic mass is 35.5. The van der Waals surface area contributed by atoms with E-state index in [0.717, 1.165) is 0 Å². The monoisotopic (exact) mass is 232 g/mol. The van der Waals surface area contributed by atoms with Crippen molar-refractivity contribution in [3.05, 3.63) is 0 Å². The predicted molar refractivity (Wildman–Crippen MR) is 58.7 cm³/mol. The van der Waals surface area contributed by atoms with E-state index in [1.54, 1.807) is 4.90 Å². The van der Waals surface area contributed by atoms with Gasteiger partial charge in [-0.15, -0.1) is 11.6 Å². The molecule has 4 nitrogen and oxygen atoms in total. The van der Waals surface area contributed by atoms with Gasteiger partial charge in [-0.2, -0.15) is 0 Å². The van der Waals surface area contributed by atoms with Crippen molar-refractivity contribution < 1.29 is 9.59 Å². The van der Waals surface area contributed by atoms with E-state index in [1.807, 2.05) is 20.8 Å². The Balaban J connectivity index is 2.84. The second kappa shape index (κ2) is 4.39. The van der Waals surface area contributed by atoms with Crippen LogP contribution in [0, 0.1) is 5.41 Å². The fourth-order valence-corrected chi connectivity index (χ4v) is 1.91. The third-order valence-corrected chi connectivity index (χ3v) is 2.85. The lowest BCUT2D eigenvalue weighted by Crippen LogP contribution is -2.60. The number of amides is 2. The van der Waals surface area contributed by atoms with Crippen molar-refractivity contribution in [3.63, 3.8) is 0 Å². The lowest BCUT2D eigenvalue weighted by atomic mass is 9.84. The Morgan fingerprint density at radius 1 is 1.60 bits per heavy atom. The van der Waals surface area contributed by atoms with Crippen molar-refractivity contribution in [2.45, 2.75) is 26.8 Å². The minimum Gasteiger partial charge on any atom is -0.352 e. The highest BCUT2D eigenvalue weighted by Gasteiger charge is 2.37. The highest BCUT2D eigenvalue weighted by molar-refractivity contribution is 6.27. The van der Waals surface area contributed by atoms with Crippen LogP contribution >= 0.6 is 11.6 Å². The summed E-state index contributed by atoms with van der Waals surface area (Å²) in [6.07, 6.45) is 0. The van der Waals surface area contributed by atoms with Crippen molar-refractivity contribution in [2.75, 3.05) is 19.0 Å². The minimum atomic E-state index is -0.175. The molecule has 1 saturated heterocycles. The number of halogens is 1. The van der Waals surface area contributed by atoms with Crippen molar-refractivity contribution in [2.24, 2.45) is 5.41 Å². The summed E-state index contributed by atoms with van der Waals surface area (Å²) in [7, 11) is 0. The fourth-order valence-electron chi connectivity index (χ4n) is 1.75. The Morgan fingerprint density at radius 2 is 2.20 bits per heavy atom. The van der Waals surface area contributed by atoms with Gasteiger partial charge in [0.15, 0.2) is 0 Å². The zero-order chi connectivity index (χ0) is 11.6. The maximum absolute atomic E-state index is 11.6. The summed E-state index contributed by atoms with van der Waals surface area (Å²) in [6, 6.07) is 0.0152. The van der Waals surface area contributed by atoms with Gasteiger partial charge in [0.25, 0.3) is 0 Å². The van der Waals surface area contributed by atoms with Crippen LogP contribution in [0.1, 0.15) is 20.8 Å². The Labute approximate surface area is 95.0 Å². The molecule has 15 heavy (non-hydrogen) atoms. The second-order valence-corrected chi connectivity index (χ2v) is 5.11. The molecule has 0 aliphatic carbocycles. The van der Waals surface area contributed by atoms with Crippen LogP contribution < -0.4 is 5.32 Å². The Kier molecular flexibility index (Phi) is 3.60. The molecule has 1 heterocycles. The topological polar surface area (TPSA) is 49.4 Å². The van der Waals surface area contributed by atoms with Gasteiger partial charge in [0.05, 0.1) is 12.6 Å². The van der Waals surface area contributed by atoms with E-state index >= 15 is 0 Å². The number of hydrogen-bond donors (Lipinski definition) is 1. The summed E-state index contributed by atoms with van der Waals surface area (Å²) in [6.45, 7) is 6.76. The number of nitrogens with one attached hydrogen (secondary N) is 1. The molecule has 0 saturated carbocycles. The zero-order valence-electron chi connectivity index (χ0n) is 9.34. The lowest BCUT2D eigenvalue weighted by molar-refractivity contribution is -0.142. The van der Waals surface area contributed by atoms with Crippen LogP contribution in [0.4, 0.5) is 0 Å². The number of carbonyl (C=O) groups is 2. The van der Waals surface area contributed by atoms with E-state index in [2.05, 4.69) is 5.32 Å². The molecular formula is C10H17ClN2O2. The van der Waals surface area contributed by atoms with Gasteiger partial charge in [0.2, 0.25) is 11.8 Å². The lowest BCUT2D eigenvalue weighted by Gasteiger charge is -2.42. The standard InChI is InChI=1S/C10H17ClN2O2/c1-10(2,3)7-5-12-8(14)6-13(7)9(15)4-11/h7H,4-6H2,1-3H3,(H,12,14). The molecule has 0 spiro atoms. The first-order valence-corrected chi connectivity index (χ1v) is 5.52. The molecule has 86 valence electrons. The molecule has 1 aliphatic heterocycles. The Morgan fingerprint density at radius 3 is 2.67 bits per heavy atom. The summed E-state index contributed by atoms with van der Waals surface area (Å²) in [4.78, 5) is 24.4. The molecule has 0 aromatic heterocycles. The molecule has 0 aromatic rings. The van der Waals surface area contributed by atoms with Gasteiger partial charge in [0, 0.05) is 6.54 Å². The maximum Gasteiger partial charge on any atom is 0.239 e. The molecule has 1 rings (SSSR count). The van der Waals surface area contributed by atoms with Gasteiger partial charge in [-0.25, -0.2) is 0 Å². The van der Waals surface area contributed by atoms with Crippen molar-refractivity contribution in [1.82, 2.24) is 10.2 Å². The maximum atomic E-state index is 11.6. The average Bonchev–Trinajstić information content (AvgIpc) is 2.14. The van der Waals surface area contributed by atoms with E-state index in [1.165, 1.54) is 0 Å². The molecular weight excluding hydrogens is 216 g/mol. The summed E-state index contributed by atoms with van der Waals surface area (Å²) in [5.74, 6) is -0.361. The largest absolute Gasteiger partial charge is 0.352 e. The van der Waals surface area contributed by atoms with Crippen LogP contribution in [0.2, 0.25) is 0 Å². The predicted octanol–water partition coefficient (Wildman–Crippen LogP) is 0.598.